The van der Waals surface area contributed by atoms with Crippen LogP contribution in [0.5, 0.6) is 0 Å². The smallest absolute Gasteiger partial charge is 0.336 e. The van der Waals surface area contributed by atoms with Crippen LogP contribution in [0.15, 0.2) is 53.4 Å². The molecule has 0 saturated carbocycles. The van der Waals surface area contributed by atoms with Gasteiger partial charge in [0.15, 0.2) is 6.10 Å². The fourth-order valence-electron chi connectivity index (χ4n) is 2.37. The van der Waals surface area contributed by atoms with Crippen molar-refractivity contribution in [1.29, 1.82) is 0 Å². The first-order chi connectivity index (χ1) is 13.2. The van der Waals surface area contributed by atoms with Crippen molar-refractivity contribution < 1.29 is 27.9 Å². The second-order valence-electron chi connectivity index (χ2n) is 6.04. The summed E-state index contributed by atoms with van der Waals surface area (Å²) in [6, 6.07) is 13.2. The first kappa shape index (κ1) is 21.5. The van der Waals surface area contributed by atoms with Crippen LogP contribution in [0, 0.1) is 6.92 Å². The highest BCUT2D eigenvalue weighted by Gasteiger charge is 2.20. The summed E-state index contributed by atoms with van der Waals surface area (Å²) in [5.74, 6) is -1.49. The van der Waals surface area contributed by atoms with Gasteiger partial charge in [0.05, 0.1) is 18.6 Å². The molecular formula is C19H22N2O6S. The molecule has 0 bridgehead atoms. The van der Waals surface area contributed by atoms with Crippen LogP contribution in [0.2, 0.25) is 0 Å². The van der Waals surface area contributed by atoms with Crippen molar-refractivity contribution in [2.24, 2.45) is 0 Å². The van der Waals surface area contributed by atoms with E-state index in [0.29, 0.717) is 5.56 Å². The normalized spacial score (nSPS) is 12.2. The number of sulfonamides is 1. The predicted molar refractivity (Wildman–Crippen MR) is 102 cm³/mol. The number of benzene rings is 2. The Morgan fingerprint density at radius 2 is 1.82 bits per heavy atom. The van der Waals surface area contributed by atoms with Crippen LogP contribution in [-0.4, -0.2) is 45.2 Å². The summed E-state index contributed by atoms with van der Waals surface area (Å²) in [6.45, 7) is 1.41. The number of hydrogen-bond acceptors (Lipinski definition) is 6. The van der Waals surface area contributed by atoms with Crippen molar-refractivity contribution in [3.8, 4) is 0 Å². The molecule has 0 radical (unpaired) electrons. The second-order valence-corrected chi connectivity index (χ2v) is 7.80. The molecule has 0 spiro atoms. The number of carbonyl (C=O) groups excluding carboxylic acids is 2. The molecule has 2 rings (SSSR count). The van der Waals surface area contributed by atoms with Crippen LogP contribution in [0.1, 0.15) is 21.5 Å². The van der Waals surface area contributed by atoms with Crippen LogP contribution in [-0.2, 0) is 26.1 Å². The van der Waals surface area contributed by atoms with Crippen molar-refractivity contribution >= 4 is 21.9 Å². The summed E-state index contributed by atoms with van der Waals surface area (Å²) in [7, 11) is -2.71. The standard InChI is InChI=1S/C19H22N2O6S/c1-13-8-9-15(28(25,26)21-11-14-6-4-3-5-7-14)10-16(13)18(23)20-12-17(22)19(24)27-2/h3-10,17,21-22H,11-12H2,1-2H3,(H,20,23)/t17-/m0/s1. The molecule has 0 heterocycles. The summed E-state index contributed by atoms with van der Waals surface area (Å²) < 4.78 is 31.9. The van der Waals surface area contributed by atoms with Crippen LogP contribution in [0.3, 0.4) is 0 Å². The SMILES string of the molecule is COC(=O)[C@@H](O)CNC(=O)c1cc(S(=O)(=O)NCc2ccccc2)ccc1C. The van der Waals surface area contributed by atoms with Gasteiger partial charge in [-0.2, -0.15) is 0 Å². The molecule has 0 aromatic heterocycles. The summed E-state index contributed by atoms with van der Waals surface area (Å²) in [5, 5.41) is 11.9. The fraction of sp³-hybridized carbons (Fsp3) is 0.263. The van der Waals surface area contributed by atoms with E-state index < -0.39 is 28.0 Å². The molecule has 28 heavy (non-hydrogen) atoms. The summed E-state index contributed by atoms with van der Waals surface area (Å²) >= 11 is 0. The monoisotopic (exact) mass is 406 g/mol. The molecule has 8 nitrogen and oxygen atoms in total. The molecule has 0 saturated heterocycles. The molecule has 2 aromatic rings. The Hall–Kier alpha value is -2.75. The second kappa shape index (κ2) is 9.45. The topological polar surface area (TPSA) is 122 Å². The lowest BCUT2D eigenvalue weighted by atomic mass is 10.1. The number of esters is 1. The van der Waals surface area contributed by atoms with Crippen molar-refractivity contribution in [3.05, 3.63) is 65.2 Å². The number of ether oxygens (including phenoxy) is 1. The van der Waals surface area contributed by atoms with E-state index in [1.165, 1.54) is 18.2 Å². The maximum atomic E-state index is 12.5. The third-order valence-electron chi connectivity index (χ3n) is 4.00. The third-order valence-corrected chi connectivity index (χ3v) is 5.40. The fourth-order valence-corrected chi connectivity index (χ4v) is 3.42. The van der Waals surface area contributed by atoms with Gasteiger partial charge < -0.3 is 15.2 Å². The Kier molecular flexibility index (Phi) is 7.27. The average Bonchev–Trinajstić information content (AvgIpc) is 2.70. The Balaban J connectivity index is 2.12. The molecule has 0 fully saturated rings. The highest BCUT2D eigenvalue weighted by Crippen LogP contribution is 2.16. The molecule has 0 aliphatic heterocycles. The number of aliphatic hydroxyl groups is 1. The summed E-state index contributed by atoms with van der Waals surface area (Å²) in [6.07, 6.45) is -1.51. The van der Waals surface area contributed by atoms with E-state index in [4.69, 9.17) is 0 Å². The molecule has 1 atom stereocenters. The number of hydrogen-bond donors (Lipinski definition) is 3. The molecule has 1 amide bonds. The van der Waals surface area contributed by atoms with E-state index in [9.17, 15) is 23.1 Å². The summed E-state index contributed by atoms with van der Waals surface area (Å²) in [4.78, 5) is 23.5. The lowest BCUT2D eigenvalue weighted by molar-refractivity contribution is -0.149. The minimum Gasteiger partial charge on any atom is -0.467 e. The average molecular weight is 406 g/mol. The molecule has 150 valence electrons. The molecule has 3 N–H and O–H groups in total. The van der Waals surface area contributed by atoms with Crippen molar-refractivity contribution in [1.82, 2.24) is 10.0 Å². The Bertz CT molecular complexity index is 944. The Morgan fingerprint density at radius 1 is 1.14 bits per heavy atom. The minimum atomic E-state index is -3.83. The number of amides is 1. The maximum absolute atomic E-state index is 12.5. The quantitative estimate of drug-likeness (QED) is 0.556. The molecular weight excluding hydrogens is 384 g/mol. The number of carbonyl (C=O) groups is 2. The number of nitrogens with one attached hydrogen (secondary N) is 2. The van der Waals surface area contributed by atoms with Crippen LogP contribution in [0.4, 0.5) is 0 Å². The van der Waals surface area contributed by atoms with Gasteiger partial charge >= 0.3 is 5.97 Å². The lowest BCUT2D eigenvalue weighted by Crippen LogP contribution is -2.37. The zero-order valence-corrected chi connectivity index (χ0v) is 16.3. The summed E-state index contributed by atoms with van der Waals surface area (Å²) in [5.41, 5.74) is 1.47. The van der Waals surface area contributed by atoms with Crippen molar-refractivity contribution in [3.63, 3.8) is 0 Å². The molecule has 0 aliphatic carbocycles. The minimum absolute atomic E-state index is 0.0623. The third kappa shape index (κ3) is 5.62. The van der Waals surface area contributed by atoms with Crippen molar-refractivity contribution in [2.45, 2.75) is 24.5 Å². The van der Waals surface area contributed by atoms with Gasteiger partial charge in [-0.15, -0.1) is 0 Å². The van der Waals surface area contributed by atoms with E-state index in [1.807, 2.05) is 6.07 Å². The van der Waals surface area contributed by atoms with Gasteiger partial charge in [0.1, 0.15) is 0 Å². The zero-order valence-electron chi connectivity index (χ0n) is 15.5. The van der Waals surface area contributed by atoms with Gasteiger partial charge in [-0.25, -0.2) is 17.9 Å². The molecule has 2 aromatic carbocycles. The van der Waals surface area contributed by atoms with Gasteiger partial charge in [-0.3, -0.25) is 4.79 Å². The highest BCUT2D eigenvalue weighted by atomic mass is 32.2. The van der Waals surface area contributed by atoms with Gasteiger partial charge in [-0.1, -0.05) is 36.4 Å². The Morgan fingerprint density at radius 3 is 2.46 bits per heavy atom. The molecule has 0 aliphatic rings. The highest BCUT2D eigenvalue weighted by molar-refractivity contribution is 7.89. The lowest BCUT2D eigenvalue weighted by Gasteiger charge is -2.13. The maximum Gasteiger partial charge on any atom is 0.336 e. The number of methoxy groups -OCH3 is 1. The van der Waals surface area contributed by atoms with Gasteiger partial charge in [0, 0.05) is 12.1 Å². The van der Waals surface area contributed by atoms with E-state index in [-0.39, 0.29) is 23.5 Å². The van der Waals surface area contributed by atoms with Crippen LogP contribution < -0.4 is 10.0 Å². The number of aryl methyl sites for hydroxylation is 1. The van der Waals surface area contributed by atoms with E-state index >= 15 is 0 Å². The van der Waals surface area contributed by atoms with Gasteiger partial charge in [0.25, 0.3) is 5.91 Å². The van der Waals surface area contributed by atoms with E-state index in [0.717, 1.165) is 12.7 Å². The van der Waals surface area contributed by atoms with E-state index in [1.54, 1.807) is 31.2 Å². The number of rotatable bonds is 8. The van der Waals surface area contributed by atoms with Crippen LogP contribution >= 0.6 is 0 Å². The van der Waals surface area contributed by atoms with Gasteiger partial charge in [0.2, 0.25) is 10.0 Å². The number of aliphatic hydroxyl groups excluding tert-OH is 1. The van der Waals surface area contributed by atoms with E-state index in [2.05, 4.69) is 14.8 Å². The zero-order chi connectivity index (χ0) is 20.7. The first-order valence-electron chi connectivity index (χ1n) is 8.43. The molecule has 9 heteroatoms. The Labute approximate surface area is 163 Å². The predicted octanol–water partition coefficient (Wildman–Crippen LogP) is 0.737. The van der Waals surface area contributed by atoms with Crippen molar-refractivity contribution in [2.75, 3.05) is 13.7 Å². The first-order valence-corrected chi connectivity index (χ1v) is 9.91. The largest absolute Gasteiger partial charge is 0.467 e. The van der Waals surface area contributed by atoms with Crippen LogP contribution in [0.25, 0.3) is 0 Å². The molecule has 0 unspecified atom stereocenters. The van der Waals surface area contributed by atoms with Gasteiger partial charge in [-0.05, 0) is 30.2 Å².